The highest BCUT2D eigenvalue weighted by molar-refractivity contribution is 7.10. The summed E-state index contributed by atoms with van der Waals surface area (Å²) in [6.45, 7) is 8.11. The van der Waals surface area contributed by atoms with Crippen molar-refractivity contribution in [2.45, 2.75) is 32.0 Å². The SMILES string of the molecule is O[C@@H]1CNCCN(Cc2cc(CN3CCCC3)cs2)C1. The van der Waals surface area contributed by atoms with Gasteiger partial charge in [0.25, 0.3) is 0 Å². The zero-order valence-corrected chi connectivity index (χ0v) is 12.9. The van der Waals surface area contributed by atoms with E-state index < -0.39 is 0 Å². The third-order valence-electron chi connectivity index (χ3n) is 4.15. The molecule has 2 aliphatic rings. The number of aliphatic hydroxyl groups excluding tert-OH is 1. The van der Waals surface area contributed by atoms with Gasteiger partial charge in [-0.05, 0) is 42.9 Å². The first-order valence-electron chi connectivity index (χ1n) is 7.69. The molecule has 3 heterocycles. The van der Waals surface area contributed by atoms with Gasteiger partial charge in [0.05, 0.1) is 6.10 Å². The third kappa shape index (κ3) is 4.02. The van der Waals surface area contributed by atoms with Gasteiger partial charge < -0.3 is 10.4 Å². The van der Waals surface area contributed by atoms with Gasteiger partial charge in [0.2, 0.25) is 0 Å². The van der Waals surface area contributed by atoms with Crippen molar-refractivity contribution in [2.75, 3.05) is 39.3 Å². The molecule has 0 saturated carbocycles. The van der Waals surface area contributed by atoms with Crippen molar-refractivity contribution in [2.24, 2.45) is 0 Å². The highest BCUT2D eigenvalue weighted by atomic mass is 32.1. The molecule has 2 saturated heterocycles. The van der Waals surface area contributed by atoms with Crippen LogP contribution in [0.1, 0.15) is 23.3 Å². The molecular weight excluding hydrogens is 270 g/mol. The Hall–Kier alpha value is -0.460. The van der Waals surface area contributed by atoms with Crippen molar-refractivity contribution < 1.29 is 5.11 Å². The van der Waals surface area contributed by atoms with Crippen LogP contribution in [0.25, 0.3) is 0 Å². The molecule has 3 rings (SSSR count). The summed E-state index contributed by atoms with van der Waals surface area (Å²) in [5, 5.41) is 15.4. The number of likely N-dealkylation sites (tertiary alicyclic amines) is 1. The molecule has 1 atom stereocenters. The molecule has 2 aliphatic heterocycles. The molecule has 112 valence electrons. The summed E-state index contributed by atoms with van der Waals surface area (Å²) >= 11 is 1.86. The van der Waals surface area contributed by atoms with E-state index in [4.69, 9.17) is 0 Å². The van der Waals surface area contributed by atoms with Crippen molar-refractivity contribution in [3.63, 3.8) is 0 Å². The smallest absolute Gasteiger partial charge is 0.0791 e. The Labute approximate surface area is 125 Å². The number of nitrogens with zero attached hydrogens (tertiary/aromatic N) is 2. The zero-order chi connectivity index (χ0) is 13.8. The molecule has 0 spiro atoms. The Morgan fingerprint density at radius 2 is 2.05 bits per heavy atom. The predicted molar refractivity (Wildman–Crippen MR) is 83.0 cm³/mol. The summed E-state index contributed by atoms with van der Waals surface area (Å²) in [6.07, 6.45) is 2.48. The third-order valence-corrected chi connectivity index (χ3v) is 5.12. The number of thiophene rings is 1. The maximum atomic E-state index is 9.83. The van der Waals surface area contributed by atoms with Crippen LogP contribution in [-0.2, 0) is 13.1 Å². The minimum absolute atomic E-state index is 0.235. The molecule has 1 aromatic heterocycles. The lowest BCUT2D eigenvalue weighted by molar-refractivity contribution is 0.128. The number of hydrogen-bond donors (Lipinski definition) is 2. The molecule has 0 aliphatic carbocycles. The molecule has 0 radical (unpaired) electrons. The quantitative estimate of drug-likeness (QED) is 0.873. The van der Waals surface area contributed by atoms with Crippen LogP contribution in [0.5, 0.6) is 0 Å². The van der Waals surface area contributed by atoms with Crippen LogP contribution >= 0.6 is 11.3 Å². The topological polar surface area (TPSA) is 38.7 Å². The Morgan fingerprint density at radius 1 is 1.20 bits per heavy atom. The minimum Gasteiger partial charge on any atom is -0.390 e. The summed E-state index contributed by atoms with van der Waals surface area (Å²) in [4.78, 5) is 6.33. The van der Waals surface area contributed by atoms with Crippen molar-refractivity contribution in [3.05, 3.63) is 21.9 Å². The van der Waals surface area contributed by atoms with E-state index in [0.29, 0.717) is 0 Å². The lowest BCUT2D eigenvalue weighted by Gasteiger charge is -2.20. The van der Waals surface area contributed by atoms with Crippen molar-refractivity contribution in [1.29, 1.82) is 0 Å². The van der Waals surface area contributed by atoms with E-state index in [-0.39, 0.29) is 6.10 Å². The maximum Gasteiger partial charge on any atom is 0.0791 e. The maximum absolute atomic E-state index is 9.83. The van der Waals surface area contributed by atoms with Gasteiger partial charge in [-0.2, -0.15) is 0 Å². The summed E-state index contributed by atoms with van der Waals surface area (Å²) in [6, 6.07) is 2.35. The molecule has 4 nitrogen and oxygen atoms in total. The highest BCUT2D eigenvalue weighted by Crippen LogP contribution is 2.20. The van der Waals surface area contributed by atoms with E-state index in [0.717, 1.165) is 39.3 Å². The van der Waals surface area contributed by atoms with E-state index in [1.54, 1.807) is 0 Å². The molecular formula is C15H25N3OS. The Bertz CT molecular complexity index is 417. The lowest BCUT2D eigenvalue weighted by atomic mass is 10.2. The van der Waals surface area contributed by atoms with Crippen LogP contribution in [0.15, 0.2) is 11.4 Å². The molecule has 20 heavy (non-hydrogen) atoms. The van der Waals surface area contributed by atoms with Crippen LogP contribution in [0, 0.1) is 0 Å². The second kappa shape index (κ2) is 7.00. The van der Waals surface area contributed by atoms with Gasteiger partial charge in [-0.1, -0.05) is 0 Å². The first-order valence-corrected chi connectivity index (χ1v) is 8.57. The summed E-state index contributed by atoms with van der Waals surface area (Å²) in [7, 11) is 0. The number of aliphatic hydroxyl groups is 1. The fourth-order valence-corrected chi connectivity index (χ4v) is 4.04. The van der Waals surface area contributed by atoms with Crippen molar-refractivity contribution >= 4 is 11.3 Å². The van der Waals surface area contributed by atoms with Gasteiger partial charge in [-0.15, -0.1) is 11.3 Å². The van der Waals surface area contributed by atoms with Crippen molar-refractivity contribution in [1.82, 2.24) is 15.1 Å². The molecule has 0 unspecified atom stereocenters. The standard InChI is InChI=1S/C15H25N3OS/c19-14-8-16-3-6-18(10-14)11-15-7-13(12-20-15)9-17-4-1-2-5-17/h7,12,14,16,19H,1-6,8-11H2/t14-/m1/s1. The molecule has 2 N–H and O–H groups in total. The fraction of sp³-hybridized carbons (Fsp3) is 0.733. The van der Waals surface area contributed by atoms with Crippen LogP contribution < -0.4 is 5.32 Å². The summed E-state index contributed by atoms with van der Waals surface area (Å²) < 4.78 is 0. The van der Waals surface area contributed by atoms with Gasteiger partial charge in [-0.25, -0.2) is 0 Å². The van der Waals surface area contributed by atoms with Crippen LogP contribution in [0.3, 0.4) is 0 Å². The first-order chi connectivity index (χ1) is 9.79. The Kier molecular flexibility index (Phi) is 5.07. The van der Waals surface area contributed by atoms with Gasteiger partial charge >= 0.3 is 0 Å². The summed E-state index contributed by atoms with van der Waals surface area (Å²) in [5.41, 5.74) is 1.46. The Balaban J connectivity index is 1.53. The Morgan fingerprint density at radius 3 is 2.90 bits per heavy atom. The second-order valence-electron chi connectivity index (χ2n) is 6.00. The van der Waals surface area contributed by atoms with Gasteiger partial charge in [0.15, 0.2) is 0 Å². The molecule has 2 fully saturated rings. The number of β-amino-alcohol motifs (C(OH)–C–C–N with tert-alkyl or cyclic N) is 1. The zero-order valence-electron chi connectivity index (χ0n) is 12.1. The van der Waals surface area contributed by atoms with E-state index in [2.05, 4.69) is 26.6 Å². The van der Waals surface area contributed by atoms with E-state index in [1.165, 1.54) is 36.4 Å². The summed E-state index contributed by atoms with van der Waals surface area (Å²) in [5.74, 6) is 0. The van der Waals surface area contributed by atoms with E-state index in [1.807, 2.05) is 11.3 Å². The number of nitrogens with one attached hydrogen (secondary N) is 1. The number of rotatable bonds is 4. The molecule has 1 aromatic rings. The second-order valence-corrected chi connectivity index (χ2v) is 6.99. The molecule has 0 bridgehead atoms. The van der Waals surface area contributed by atoms with E-state index >= 15 is 0 Å². The molecule has 0 amide bonds. The predicted octanol–water partition coefficient (Wildman–Crippen LogP) is 1.11. The van der Waals surface area contributed by atoms with Gasteiger partial charge in [-0.3, -0.25) is 9.80 Å². The monoisotopic (exact) mass is 295 g/mol. The van der Waals surface area contributed by atoms with Gasteiger partial charge in [0.1, 0.15) is 0 Å². The normalized spacial score (nSPS) is 25.9. The van der Waals surface area contributed by atoms with Crippen LogP contribution in [0.4, 0.5) is 0 Å². The fourth-order valence-electron chi connectivity index (χ4n) is 3.11. The van der Waals surface area contributed by atoms with E-state index in [9.17, 15) is 5.11 Å². The average molecular weight is 295 g/mol. The van der Waals surface area contributed by atoms with Crippen LogP contribution in [0.2, 0.25) is 0 Å². The largest absolute Gasteiger partial charge is 0.390 e. The van der Waals surface area contributed by atoms with Gasteiger partial charge in [0, 0.05) is 44.1 Å². The number of hydrogen-bond acceptors (Lipinski definition) is 5. The minimum atomic E-state index is -0.235. The average Bonchev–Trinajstić information content (AvgIpc) is 3.03. The lowest BCUT2D eigenvalue weighted by Crippen LogP contribution is -2.32. The van der Waals surface area contributed by atoms with Crippen molar-refractivity contribution in [3.8, 4) is 0 Å². The molecule has 5 heteroatoms. The van der Waals surface area contributed by atoms with Crippen LogP contribution in [-0.4, -0.2) is 60.3 Å². The molecule has 0 aromatic carbocycles. The first kappa shape index (κ1) is 14.5. The highest BCUT2D eigenvalue weighted by Gasteiger charge is 2.17.